The van der Waals surface area contributed by atoms with E-state index >= 15 is 0 Å². The van der Waals surface area contributed by atoms with Gasteiger partial charge in [-0.25, -0.2) is 10.4 Å². The first-order valence-electron chi connectivity index (χ1n) is 17.9. The van der Waals surface area contributed by atoms with Crippen molar-refractivity contribution in [3.8, 4) is 0 Å². The maximum Gasteiger partial charge on any atom is 0.324 e. The van der Waals surface area contributed by atoms with E-state index in [-0.39, 0.29) is 18.5 Å². The van der Waals surface area contributed by atoms with Crippen LogP contribution in [0, 0.1) is 11.3 Å². The lowest BCUT2D eigenvalue weighted by atomic mass is 9.88. The van der Waals surface area contributed by atoms with E-state index in [0.29, 0.717) is 37.2 Å². The van der Waals surface area contributed by atoms with Crippen molar-refractivity contribution in [2.75, 3.05) is 26.9 Å². The third-order valence-electron chi connectivity index (χ3n) is 8.96. The Balaban J connectivity index is 1.81. The summed E-state index contributed by atoms with van der Waals surface area (Å²) in [5.41, 5.74) is 3.85. The van der Waals surface area contributed by atoms with Gasteiger partial charge in [-0.3, -0.25) is 29.0 Å². The highest BCUT2D eigenvalue weighted by atomic mass is 28.3. The van der Waals surface area contributed by atoms with E-state index in [1.54, 1.807) is 26.8 Å². The number of nitrogens with one attached hydrogen (secondary N) is 3. The first-order valence-corrected chi connectivity index (χ1v) is 21.7. The third kappa shape index (κ3) is 12.2. The quantitative estimate of drug-likeness (QED) is 0.126. The molecule has 1 fully saturated rings. The third-order valence-corrected chi connectivity index (χ3v) is 10.7. The van der Waals surface area contributed by atoms with Crippen LogP contribution in [0.1, 0.15) is 71.7 Å². The number of fused-ring (bicyclic) bond motifs is 1. The molecule has 5 atom stereocenters. The summed E-state index contributed by atoms with van der Waals surface area (Å²) in [6.45, 7) is 17.8. The molecule has 14 heteroatoms. The fourth-order valence-corrected chi connectivity index (χ4v) is 6.38. The highest BCUT2D eigenvalue weighted by molar-refractivity contribution is 6.76. The molecular formula is C38H57N5O8Si. The van der Waals surface area contributed by atoms with Gasteiger partial charge in [-0.2, -0.15) is 0 Å². The van der Waals surface area contributed by atoms with Crippen molar-refractivity contribution in [2.45, 2.75) is 104 Å². The number of benzene rings is 1. The Morgan fingerprint density at radius 3 is 2.40 bits per heavy atom. The van der Waals surface area contributed by atoms with E-state index in [2.05, 4.69) is 35.7 Å². The second kappa shape index (κ2) is 18.6. The van der Waals surface area contributed by atoms with Gasteiger partial charge in [0, 0.05) is 33.5 Å². The molecule has 3 amide bonds. The Morgan fingerprint density at radius 2 is 1.77 bits per heavy atom. The summed E-state index contributed by atoms with van der Waals surface area (Å²) in [7, 11) is -0.102. The van der Waals surface area contributed by atoms with Crippen LogP contribution in [-0.4, -0.2) is 92.7 Å². The van der Waals surface area contributed by atoms with Gasteiger partial charge >= 0.3 is 11.9 Å². The van der Waals surface area contributed by atoms with Crippen molar-refractivity contribution in [2.24, 2.45) is 11.3 Å². The van der Waals surface area contributed by atoms with Crippen LogP contribution < -0.4 is 16.1 Å². The largest absolute Gasteiger partial charge is 0.468 e. The second-order valence-electron chi connectivity index (χ2n) is 15.3. The standard InChI is InChI=1S/C38H57N5O8Si/c1-24(2)33(34(45)39-25(3)35(46)43-19-11-12-31(42-43)36(47)49-7)41-37(48)38(6,23-50-20-21-52(8,9)10)18-17-28-13-14-29-15-16-30(40-32(29)22-28)26(4)51-27(5)44/h13-18,22,24-26,31,33,42H,11-12,19-21,23H2,1-10H3,(H,39,45)(H,41,48)/b18-17+/t25?,26-,31?,33+,38-/m1/s1. The Hall–Kier alpha value is -4.14. The van der Waals surface area contributed by atoms with Gasteiger partial charge in [0.15, 0.2) is 0 Å². The van der Waals surface area contributed by atoms with Crippen LogP contribution in [0.3, 0.4) is 0 Å². The molecule has 1 aliphatic rings. The zero-order chi connectivity index (χ0) is 38.8. The first kappa shape index (κ1) is 42.3. The van der Waals surface area contributed by atoms with Gasteiger partial charge in [-0.1, -0.05) is 63.8 Å². The second-order valence-corrected chi connectivity index (χ2v) is 20.9. The van der Waals surface area contributed by atoms with Gasteiger partial charge in [0.1, 0.15) is 24.2 Å². The van der Waals surface area contributed by atoms with Crippen LogP contribution in [0.4, 0.5) is 0 Å². The number of esters is 2. The molecule has 0 radical (unpaired) electrons. The molecule has 0 spiro atoms. The minimum atomic E-state index is -1.39. The number of carbonyl (C=O) groups is 5. The van der Waals surface area contributed by atoms with E-state index < -0.39 is 61.4 Å². The number of methoxy groups -OCH3 is 1. The monoisotopic (exact) mass is 739 g/mol. The summed E-state index contributed by atoms with van der Waals surface area (Å²) in [6, 6.07) is 7.90. The van der Waals surface area contributed by atoms with E-state index in [1.165, 1.54) is 19.0 Å². The molecule has 13 nitrogen and oxygen atoms in total. The normalized spacial score (nSPS) is 18.0. The molecule has 0 bridgehead atoms. The number of rotatable bonds is 16. The minimum absolute atomic E-state index is 0.0823. The lowest BCUT2D eigenvalue weighted by Gasteiger charge is -2.34. The summed E-state index contributed by atoms with van der Waals surface area (Å²) in [4.78, 5) is 69.2. The molecule has 1 aromatic heterocycles. The number of nitrogens with zero attached hydrogens (tertiary/aromatic N) is 2. The molecular weight excluding hydrogens is 683 g/mol. The van der Waals surface area contributed by atoms with Gasteiger partial charge in [0.25, 0.3) is 5.91 Å². The maximum absolute atomic E-state index is 14.1. The lowest BCUT2D eigenvalue weighted by Crippen LogP contribution is -2.61. The predicted molar refractivity (Wildman–Crippen MR) is 202 cm³/mol. The molecule has 0 saturated carbocycles. The van der Waals surface area contributed by atoms with Crippen molar-refractivity contribution in [1.29, 1.82) is 0 Å². The highest BCUT2D eigenvalue weighted by Gasteiger charge is 2.37. The zero-order valence-corrected chi connectivity index (χ0v) is 33.3. The van der Waals surface area contributed by atoms with Crippen LogP contribution in [0.25, 0.3) is 17.0 Å². The minimum Gasteiger partial charge on any atom is -0.468 e. The first-order chi connectivity index (χ1) is 24.3. The van der Waals surface area contributed by atoms with Crippen LogP contribution in [-0.2, 0) is 38.2 Å². The van der Waals surface area contributed by atoms with Gasteiger partial charge in [-0.15, -0.1) is 0 Å². The summed E-state index contributed by atoms with van der Waals surface area (Å²) in [6.07, 6.45) is 4.24. The van der Waals surface area contributed by atoms with Gasteiger partial charge < -0.3 is 24.8 Å². The number of carbonyl (C=O) groups excluding carboxylic acids is 5. The zero-order valence-electron chi connectivity index (χ0n) is 32.3. The molecule has 1 aliphatic heterocycles. The molecule has 0 aliphatic carbocycles. The Bertz CT molecular complexity index is 1630. The van der Waals surface area contributed by atoms with E-state index in [4.69, 9.17) is 19.2 Å². The van der Waals surface area contributed by atoms with Crippen molar-refractivity contribution >= 4 is 54.7 Å². The molecule has 3 rings (SSSR count). The SMILES string of the molecule is COC(=O)C1CCCN(C(=O)C(C)NC(=O)[C@@H](NC(=O)[C@](C)(/C=C/c2ccc3ccc([C@@H](C)OC(C)=O)nc3c2)COCC[Si](C)(C)C)C(C)C)N1. The topological polar surface area (TPSA) is 165 Å². The summed E-state index contributed by atoms with van der Waals surface area (Å²) in [5, 5.41) is 7.94. The molecule has 2 unspecified atom stereocenters. The van der Waals surface area contributed by atoms with Crippen LogP contribution in [0.2, 0.25) is 25.7 Å². The molecule has 3 N–H and O–H groups in total. The summed E-state index contributed by atoms with van der Waals surface area (Å²) in [5.74, 6) is -2.47. The van der Waals surface area contributed by atoms with E-state index in [9.17, 15) is 24.0 Å². The van der Waals surface area contributed by atoms with E-state index in [0.717, 1.165) is 17.0 Å². The fraction of sp³-hybridized carbons (Fsp3) is 0.579. The predicted octanol–water partition coefficient (Wildman–Crippen LogP) is 4.55. The van der Waals surface area contributed by atoms with Gasteiger partial charge in [-0.05, 0) is 63.3 Å². The number of ether oxygens (including phenoxy) is 3. The Kier molecular flexibility index (Phi) is 15.1. The average Bonchev–Trinajstić information content (AvgIpc) is 3.09. The van der Waals surface area contributed by atoms with Crippen LogP contribution >= 0.6 is 0 Å². The lowest BCUT2D eigenvalue weighted by molar-refractivity contribution is -0.151. The Labute approximate surface area is 308 Å². The molecule has 52 heavy (non-hydrogen) atoms. The van der Waals surface area contributed by atoms with Gasteiger partial charge in [0.05, 0.1) is 30.3 Å². The number of hydrazine groups is 1. The summed E-state index contributed by atoms with van der Waals surface area (Å²) < 4.78 is 16.2. The van der Waals surface area contributed by atoms with Crippen molar-refractivity contribution in [1.82, 2.24) is 26.1 Å². The van der Waals surface area contributed by atoms with Crippen LogP contribution in [0.15, 0.2) is 36.4 Å². The number of aromatic nitrogens is 1. The molecule has 2 aromatic rings. The van der Waals surface area contributed by atoms with E-state index in [1.807, 2.05) is 50.3 Å². The van der Waals surface area contributed by atoms with Crippen molar-refractivity contribution in [3.63, 3.8) is 0 Å². The maximum atomic E-state index is 14.1. The van der Waals surface area contributed by atoms with Crippen molar-refractivity contribution in [3.05, 3.63) is 47.7 Å². The fourth-order valence-electron chi connectivity index (χ4n) is 5.62. The smallest absolute Gasteiger partial charge is 0.324 e. The summed E-state index contributed by atoms with van der Waals surface area (Å²) >= 11 is 0. The Morgan fingerprint density at radius 1 is 1.08 bits per heavy atom. The molecule has 2 heterocycles. The highest BCUT2D eigenvalue weighted by Crippen LogP contribution is 2.25. The average molecular weight is 740 g/mol. The molecule has 286 valence electrons. The van der Waals surface area contributed by atoms with Crippen molar-refractivity contribution < 1.29 is 38.2 Å². The molecule has 1 aromatic carbocycles. The number of hydrogen-bond donors (Lipinski definition) is 3. The van der Waals surface area contributed by atoms with Crippen LogP contribution in [0.5, 0.6) is 0 Å². The number of pyridine rings is 1. The number of amides is 3. The molecule has 1 saturated heterocycles. The van der Waals surface area contributed by atoms with Gasteiger partial charge in [0.2, 0.25) is 11.8 Å². The number of hydrogen-bond acceptors (Lipinski definition) is 10.